The number of H-pyrrole nitrogens is 1. The molecule has 1 saturated heterocycles. The molecular weight excluding hydrogens is 208 g/mol. The maximum absolute atomic E-state index is 11.7. The Balaban J connectivity index is 2.16. The van der Waals surface area contributed by atoms with Gasteiger partial charge in [-0.2, -0.15) is 0 Å². The number of ether oxygens (including phenoxy) is 1. The molecule has 1 aromatic heterocycles. The molecule has 16 heavy (non-hydrogen) atoms. The van der Waals surface area contributed by atoms with Gasteiger partial charge in [-0.3, -0.25) is 9.78 Å². The number of anilines is 1. The van der Waals surface area contributed by atoms with E-state index in [1.165, 1.54) is 0 Å². The summed E-state index contributed by atoms with van der Waals surface area (Å²) in [5.74, 6) is 0.620. The lowest BCUT2D eigenvalue weighted by molar-refractivity contribution is 0.122. The molecule has 2 heterocycles. The van der Waals surface area contributed by atoms with E-state index in [4.69, 9.17) is 10.5 Å². The largest absolute Gasteiger partial charge is 0.378 e. The summed E-state index contributed by atoms with van der Waals surface area (Å²) in [7, 11) is 0. The smallest absolute Gasteiger partial charge is 0.255 e. The fourth-order valence-electron chi connectivity index (χ4n) is 1.68. The lowest BCUT2D eigenvalue weighted by Crippen LogP contribution is -2.38. The summed E-state index contributed by atoms with van der Waals surface area (Å²) in [6, 6.07) is 0. The standard InChI is InChI=1S/C10H16N4O2/c11-2-1-8-7-12-10(13-9(8)15)14-3-5-16-6-4-14/h7H,1-6,11H2,(H,12,13,15). The van der Waals surface area contributed by atoms with E-state index >= 15 is 0 Å². The molecule has 0 saturated carbocycles. The molecule has 3 N–H and O–H groups in total. The molecule has 2 rings (SSSR count). The molecule has 6 heteroatoms. The zero-order chi connectivity index (χ0) is 11.4. The molecule has 0 unspecified atom stereocenters. The zero-order valence-electron chi connectivity index (χ0n) is 9.11. The summed E-state index contributed by atoms with van der Waals surface area (Å²) in [6.45, 7) is 3.34. The quantitative estimate of drug-likeness (QED) is 0.695. The van der Waals surface area contributed by atoms with Crippen molar-refractivity contribution in [2.24, 2.45) is 5.73 Å². The van der Waals surface area contributed by atoms with Gasteiger partial charge in [0, 0.05) is 24.8 Å². The molecule has 1 aromatic rings. The molecule has 1 fully saturated rings. The SMILES string of the molecule is NCCc1cnc(N2CCOCC2)[nH]c1=O. The van der Waals surface area contributed by atoms with Crippen LogP contribution >= 0.6 is 0 Å². The van der Waals surface area contributed by atoms with E-state index < -0.39 is 0 Å². The third-order valence-electron chi connectivity index (χ3n) is 2.58. The van der Waals surface area contributed by atoms with Gasteiger partial charge in [0.2, 0.25) is 5.95 Å². The van der Waals surface area contributed by atoms with Crippen LogP contribution < -0.4 is 16.2 Å². The molecule has 88 valence electrons. The highest BCUT2D eigenvalue weighted by Gasteiger charge is 2.13. The van der Waals surface area contributed by atoms with Gasteiger partial charge >= 0.3 is 0 Å². The van der Waals surface area contributed by atoms with Gasteiger partial charge in [0.05, 0.1) is 13.2 Å². The molecule has 0 aliphatic carbocycles. The zero-order valence-corrected chi connectivity index (χ0v) is 9.11. The van der Waals surface area contributed by atoms with Gasteiger partial charge in [0.15, 0.2) is 0 Å². The topological polar surface area (TPSA) is 84.2 Å². The normalized spacial score (nSPS) is 16.4. The Hall–Kier alpha value is -1.40. The van der Waals surface area contributed by atoms with Crippen LogP contribution in [0.1, 0.15) is 5.56 Å². The van der Waals surface area contributed by atoms with Crippen molar-refractivity contribution in [1.82, 2.24) is 9.97 Å². The van der Waals surface area contributed by atoms with Gasteiger partial charge in [0.1, 0.15) is 0 Å². The lowest BCUT2D eigenvalue weighted by atomic mass is 10.2. The third kappa shape index (κ3) is 2.40. The van der Waals surface area contributed by atoms with Crippen molar-refractivity contribution in [3.63, 3.8) is 0 Å². The third-order valence-corrected chi connectivity index (χ3v) is 2.58. The number of aromatic nitrogens is 2. The van der Waals surface area contributed by atoms with Crippen molar-refractivity contribution >= 4 is 5.95 Å². The predicted molar refractivity (Wildman–Crippen MR) is 60.6 cm³/mol. The van der Waals surface area contributed by atoms with E-state index in [1.807, 2.05) is 4.90 Å². The number of nitrogens with one attached hydrogen (secondary N) is 1. The Morgan fingerprint density at radius 1 is 1.50 bits per heavy atom. The molecule has 1 aliphatic rings. The summed E-state index contributed by atoms with van der Waals surface area (Å²) < 4.78 is 5.24. The van der Waals surface area contributed by atoms with Crippen LogP contribution in [0.2, 0.25) is 0 Å². The highest BCUT2D eigenvalue weighted by atomic mass is 16.5. The predicted octanol–water partition coefficient (Wildman–Crippen LogP) is -0.892. The van der Waals surface area contributed by atoms with Crippen molar-refractivity contribution in [1.29, 1.82) is 0 Å². The monoisotopic (exact) mass is 224 g/mol. The van der Waals surface area contributed by atoms with Crippen molar-refractivity contribution in [2.45, 2.75) is 6.42 Å². The Labute approximate surface area is 93.4 Å². The van der Waals surface area contributed by atoms with Crippen LogP contribution in [0.3, 0.4) is 0 Å². The van der Waals surface area contributed by atoms with Crippen LogP contribution in [-0.4, -0.2) is 42.8 Å². The van der Waals surface area contributed by atoms with Crippen molar-refractivity contribution in [3.8, 4) is 0 Å². The highest BCUT2D eigenvalue weighted by molar-refractivity contribution is 5.30. The van der Waals surface area contributed by atoms with Crippen molar-refractivity contribution in [2.75, 3.05) is 37.7 Å². The first-order valence-corrected chi connectivity index (χ1v) is 5.42. The minimum Gasteiger partial charge on any atom is -0.378 e. The number of nitrogens with two attached hydrogens (primary N) is 1. The van der Waals surface area contributed by atoms with E-state index in [-0.39, 0.29) is 5.56 Å². The lowest BCUT2D eigenvalue weighted by Gasteiger charge is -2.27. The first-order chi connectivity index (χ1) is 7.81. The summed E-state index contributed by atoms with van der Waals surface area (Å²) >= 11 is 0. The number of hydrogen-bond donors (Lipinski definition) is 2. The van der Waals surface area contributed by atoms with Crippen LogP contribution in [0.15, 0.2) is 11.0 Å². The Kier molecular flexibility index (Phi) is 3.53. The minimum atomic E-state index is -0.0954. The average Bonchev–Trinajstić information content (AvgIpc) is 2.33. The van der Waals surface area contributed by atoms with Crippen LogP contribution in [0.4, 0.5) is 5.95 Å². The first kappa shape index (κ1) is 11.1. The Bertz CT molecular complexity index is 398. The second-order valence-electron chi connectivity index (χ2n) is 3.70. The van der Waals surface area contributed by atoms with Crippen LogP contribution in [0.5, 0.6) is 0 Å². The molecule has 1 aliphatic heterocycles. The number of nitrogens with zero attached hydrogens (tertiary/aromatic N) is 2. The van der Waals surface area contributed by atoms with E-state index in [0.29, 0.717) is 37.7 Å². The summed E-state index contributed by atoms with van der Waals surface area (Å²) in [5.41, 5.74) is 5.95. The van der Waals surface area contributed by atoms with Gasteiger partial charge in [0.25, 0.3) is 5.56 Å². The van der Waals surface area contributed by atoms with Gasteiger partial charge in [-0.25, -0.2) is 4.98 Å². The van der Waals surface area contributed by atoms with Gasteiger partial charge in [-0.05, 0) is 13.0 Å². The van der Waals surface area contributed by atoms with Gasteiger partial charge < -0.3 is 15.4 Å². The summed E-state index contributed by atoms with van der Waals surface area (Å²) in [4.78, 5) is 20.7. The van der Waals surface area contributed by atoms with E-state index in [1.54, 1.807) is 6.20 Å². The van der Waals surface area contributed by atoms with Gasteiger partial charge in [-0.15, -0.1) is 0 Å². The number of morpholine rings is 1. The molecule has 0 spiro atoms. The van der Waals surface area contributed by atoms with Gasteiger partial charge in [-0.1, -0.05) is 0 Å². The van der Waals surface area contributed by atoms with Crippen LogP contribution in [0, 0.1) is 0 Å². The minimum absolute atomic E-state index is 0.0954. The summed E-state index contributed by atoms with van der Waals surface area (Å²) in [6.07, 6.45) is 2.17. The number of rotatable bonds is 3. The van der Waals surface area contributed by atoms with E-state index in [0.717, 1.165) is 13.1 Å². The second kappa shape index (κ2) is 5.09. The molecule has 0 aromatic carbocycles. The molecule has 0 atom stereocenters. The van der Waals surface area contributed by atoms with E-state index in [9.17, 15) is 4.79 Å². The number of aromatic amines is 1. The average molecular weight is 224 g/mol. The number of hydrogen-bond acceptors (Lipinski definition) is 5. The van der Waals surface area contributed by atoms with Crippen LogP contribution in [-0.2, 0) is 11.2 Å². The molecule has 0 amide bonds. The molecule has 0 bridgehead atoms. The fraction of sp³-hybridized carbons (Fsp3) is 0.600. The maximum atomic E-state index is 11.7. The van der Waals surface area contributed by atoms with E-state index in [2.05, 4.69) is 9.97 Å². The maximum Gasteiger partial charge on any atom is 0.255 e. The Morgan fingerprint density at radius 3 is 2.88 bits per heavy atom. The van der Waals surface area contributed by atoms with Crippen molar-refractivity contribution in [3.05, 3.63) is 22.1 Å². The molecular formula is C10H16N4O2. The molecule has 6 nitrogen and oxygen atoms in total. The fourth-order valence-corrected chi connectivity index (χ4v) is 1.68. The summed E-state index contributed by atoms with van der Waals surface area (Å²) in [5, 5.41) is 0. The first-order valence-electron chi connectivity index (χ1n) is 5.42. The Morgan fingerprint density at radius 2 is 2.25 bits per heavy atom. The highest BCUT2D eigenvalue weighted by Crippen LogP contribution is 2.06. The second-order valence-corrected chi connectivity index (χ2v) is 3.70. The van der Waals surface area contributed by atoms with Crippen molar-refractivity contribution < 1.29 is 4.74 Å². The molecule has 0 radical (unpaired) electrons. The van der Waals surface area contributed by atoms with Crippen LogP contribution in [0.25, 0.3) is 0 Å².